The summed E-state index contributed by atoms with van der Waals surface area (Å²) in [6, 6.07) is 10.9. The zero-order valence-electron chi connectivity index (χ0n) is 17.5. The van der Waals surface area contributed by atoms with Gasteiger partial charge in [-0.1, -0.05) is 21.3 Å². The highest BCUT2D eigenvalue weighted by Gasteiger charge is 2.38. The Morgan fingerprint density at radius 1 is 0.900 bits per heavy atom. The Morgan fingerprint density at radius 2 is 1.53 bits per heavy atom. The number of anilines is 2. The van der Waals surface area contributed by atoms with Crippen molar-refractivity contribution in [3.8, 4) is 11.4 Å². The van der Waals surface area contributed by atoms with Crippen LogP contribution in [-0.4, -0.2) is 48.5 Å². The number of nitrogens with two attached hydrogens (primary N) is 1. The maximum Gasteiger partial charge on any atom is 0.161 e. The Morgan fingerprint density at radius 3 is 2.17 bits per heavy atom. The summed E-state index contributed by atoms with van der Waals surface area (Å²) in [5, 5.41) is 0. The molecule has 2 aromatic rings. The van der Waals surface area contributed by atoms with Crippen molar-refractivity contribution in [2.75, 3.05) is 37.1 Å². The normalized spacial score (nSPS) is 23.3. The average Bonchev–Trinajstić information content (AvgIpc) is 3.04. The molecule has 0 amide bonds. The van der Waals surface area contributed by atoms with Crippen LogP contribution in [0.3, 0.4) is 0 Å². The van der Waals surface area contributed by atoms with Crippen LogP contribution in [0, 0.1) is 0 Å². The van der Waals surface area contributed by atoms with Gasteiger partial charge in [-0.3, -0.25) is 0 Å². The van der Waals surface area contributed by atoms with Gasteiger partial charge >= 0.3 is 0 Å². The maximum absolute atomic E-state index is 5.87. The third-order valence-electron chi connectivity index (χ3n) is 6.05. The molecule has 1 aromatic carbocycles. The van der Waals surface area contributed by atoms with Gasteiger partial charge in [0.05, 0.1) is 25.3 Å². The molecular formula is C24H36N4O2. The van der Waals surface area contributed by atoms with Gasteiger partial charge in [-0.15, -0.1) is 0 Å². The number of ether oxygens (including phenoxy) is 2. The largest absolute Gasteiger partial charge is 0.399 e. The van der Waals surface area contributed by atoms with Gasteiger partial charge < -0.3 is 20.1 Å². The van der Waals surface area contributed by atoms with E-state index in [0.29, 0.717) is 18.0 Å². The SMILES string of the molecule is C.CC.Nc1ccc(-c2nc(C3CCOCC3)cc(N3C4CCC3COC4)n2)cc1. The van der Waals surface area contributed by atoms with Gasteiger partial charge in [0.1, 0.15) is 5.82 Å². The number of nitrogen functional groups attached to an aromatic ring is 1. The second-order valence-electron chi connectivity index (χ2n) is 7.81. The molecule has 0 spiro atoms. The molecule has 0 aliphatic carbocycles. The van der Waals surface area contributed by atoms with Crippen molar-refractivity contribution in [1.29, 1.82) is 0 Å². The highest BCUT2D eigenvalue weighted by atomic mass is 16.5. The highest BCUT2D eigenvalue weighted by Crippen LogP contribution is 2.36. The molecule has 4 heterocycles. The van der Waals surface area contributed by atoms with Crippen molar-refractivity contribution < 1.29 is 9.47 Å². The summed E-state index contributed by atoms with van der Waals surface area (Å²) in [6.45, 7) is 7.21. The Labute approximate surface area is 180 Å². The number of fused-ring (bicyclic) bond motifs is 2. The van der Waals surface area contributed by atoms with Gasteiger partial charge in [0.2, 0.25) is 0 Å². The van der Waals surface area contributed by atoms with Crippen LogP contribution in [0.1, 0.15) is 58.6 Å². The van der Waals surface area contributed by atoms with E-state index < -0.39 is 0 Å². The van der Waals surface area contributed by atoms with Crippen LogP contribution in [0.4, 0.5) is 11.5 Å². The van der Waals surface area contributed by atoms with E-state index in [0.717, 1.165) is 67.9 Å². The molecule has 5 rings (SSSR count). The first-order valence-corrected chi connectivity index (χ1v) is 11.0. The predicted octanol–water partition coefficient (Wildman–Crippen LogP) is 4.65. The van der Waals surface area contributed by atoms with E-state index in [1.54, 1.807) is 0 Å². The molecule has 3 fully saturated rings. The van der Waals surface area contributed by atoms with E-state index >= 15 is 0 Å². The molecule has 6 nitrogen and oxygen atoms in total. The number of benzene rings is 1. The van der Waals surface area contributed by atoms with Crippen molar-refractivity contribution in [2.24, 2.45) is 0 Å². The van der Waals surface area contributed by atoms with E-state index in [4.69, 9.17) is 25.2 Å². The zero-order valence-corrected chi connectivity index (χ0v) is 17.5. The van der Waals surface area contributed by atoms with Crippen LogP contribution in [0.25, 0.3) is 11.4 Å². The quantitative estimate of drug-likeness (QED) is 0.740. The smallest absolute Gasteiger partial charge is 0.161 e. The minimum absolute atomic E-state index is 0. The molecular weight excluding hydrogens is 376 g/mol. The second kappa shape index (κ2) is 10.2. The Balaban J connectivity index is 0.000000830. The van der Waals surface area contributed by atoms with Crippen molar-refractivity contribution in [2.45, 2.75) is 65.0 Å². The monoisotopic (exact) mass is 412 g/mol. The van der Waals surface area contributed by atoms with Gasteiger partial charge in [-0.25, -0.2) is 9.97 Å². The number of aromatic nitrogens is 2. The zero-order chi connectivity index (χ0) is 20.2. The molecule has 0 saturated carbocycles. The lowest BCUT2D eigenvalue weighted by molar-refractivity contribution is 0.0843. The third-order valence-corrected chi connectivity index (χ3v) is 6.05. The van der Waals surface area contributed by atoms with Crippen LogP contribution in [0.15, 0.2) is 30.3 Å². The predicted molar refractivity (Wildman–Crippen MR) is 123 cm³/mol. The van der Waals surface area contributed by atoms with Gasteiger partial charge in [0.25, 0.3) is 0 Å². The Kier molecular flexibility index (Phi) is 7.67. The average molecular weight is 413 g/mol. The van der Waals surface area contributed by atoms with Crippen LogP contribution in [0.2, 0.25) is 0 Å². The molecule has 3 saturated heterocycles. The van der Waals surface area contributed by atoms with E-state index in [1.165, 1.54) is 12.8 Å². The summed E-state index contributed by atoms with van der Waals surface area (Å²) in [7, 11) is 0. The van der Waals surface area contributed by atoms with Gasteiger partial charge in [0, 0.05) is 42.1 Å². The Bertz CT molecular complexity index is 789. The molecule has 6 heteroatoms. The number of rotatable bonds is 3. The summed E-state index contributed by atoms with van der Waals surface area (Å²) < 4.78 is 11.3. The molecule has 0 radical (unpaired) electrons. The second-order valence-corrected chi connectivity index (χ2v) is 7.81. The molecule has 3 aliphatic heterocycles. The summed E-state index contributed by atoms with van der Waals surface area (Å²) in [5.74, 6) is 2.28. The summed E-state index contributed by atoms with van der Waals surface area (Å²) in [6.07, 6.45) is 4.40. The molecule has 3 aliphatic rings. The van der Waals surface area contributed by atoms with E-state index in [-0.39, 0.29) is 7.43 Å². The van der Waals surface area contributed by atoms with Crippen molar-refractivity contribution in [3.05, 3.63) is 36.0 Å². The number of morpholine rings is 1. The Hall–Kier alpha value is -2.18. The van der Waals surface area contributed by atoms with Crippen LogP contribution in [0.5, 0.6) is 0 Å². The highest BCUT2D eigenvalue weighted by molar-refractivity contribution is 5.61. The minimum Gasteiger partial charge on any atom is -0.399 e. The van der Waals surface area contributed by atoms with Crippen LogP contribution >= 0.6 is 0 Å². The fourth-order valence-corrected chi connectivity index (χ4v) is 4.55. The third kappa shape index (κ3) is 4.60. The molecule has 2 unspecified atom stereocenters. The number of hydrogen-bond acceptors (Lipinski definition) is 6. The lowest BCUT2D eigenvalue weighted by Gasteiger charge is -2.36. The van der Waals surface area contributed by atoms with E-state index in [9.17, 15) is 0 Å². The molecule has 2 bridgehead atoms. The lowest BCUT2D eigenvalue weighted by Crippen LogP contribution is -2.46. The van der Waals surface area contributed by atoms with Crippen molar-refractivity contribution in [3.63, 3.8) is 0 Å². The van der Waals surface area contributed by atoms with Gasteiger partial charge in [-0.05, 0) is 49.9 Å². The summed E-state index contributed by atoms with van der Waals surface area (Å²) in [5.41, 5.74) is 8.78. The maximum atomic E-state index is 5.87. The molecule has 2 N–H and O–H groups in total. The lowest BCUT2D eigenvalue weighted by atomic mass is 9.96. The summed E-state index contributed by atoms with van der Waals surface area (Å²) >= 11 is 0. The fourth-order valence-electron chi connectivity index (χ4n) is 4.55. The molecule has 1 aromatic heterocycles. The number of hydrogen-bond donors (Lipinski definition) is 1. The standard InChI is InChI=1S/C21H26N4O2.C2H6.CH4/c22-16-3-1-15(2-4-16)21-23-19(14-7-9-26-10-8-14)11-20(24-21)25-17-5-6-18(25)13-27-12-17;1-2;/h1-4,11,14,17-18H,5-10,12-13,22H2;1-2H3;1H4. The molecule has 2 atom stereocenters. The first-order valence-electron chi connectivity index (χ1n) is 11.0. The van der Waals surface area contributed by atoms with E-state index in [2.05, 4.69) is 11.0 Å². The van der Waals surface area contributed by atoms with Crippen molar-refractivity contribution >= 4 is 11.5 Å². The van der Waals surface area contributed by atoms with Gasteiger partial charge in [0.15, 0.2) is 5.82 Å². The fraction of sp³-hybridized carbons (Fsp3) is 0.583. The first-order chi connectivity index (χ1) is 14.3. The number of nitrogens with zero attached hydrogens (tertiary/aromatic N) is 3. The first kappa shape index (κ1) is 22.5. The summed E-state index contributed by atoms with van der Waals surface area (Å²) in [4.78, 5) is 12.4. The van der Waals surface area contributed by atoms with Gasteiger partial charge in [-0.2, -0.15) is 0 Å². The van der Waals surface area contributed by atoms with Crippen LogP contribution in [-0.2, 0) is 9.47 Å². The molecule has 164 valence electrons. The van der Waals surface area contributed by atoms with E-state index in [1.807, 2.05) is 38.1 Å². The molecule has 30 heavy (non-hydrogen) atoms. The topological polar surface area (TPSA) is 73.5 Å². The minimum atomic E-state index is 0. The van der Waals surface area contributed by atoms with Crippen molar-refractivity contribution in [1.82, 2.24) is 9.97 Å². The van der Waals surface area contributed by atoms with Crippen LogP contribution < -0.4 is 10.6 Å².